The summed E-state index contributed by atoms with van der Waals surface area (Å²) in [5, 5.41) is 3.65. The van der Waals surface area contributed by atoms with Crippen molar-refractivity contribution in [3.05, 3.63) is 47.3 Å². The van der Waals surface area contributed by atoms with Gasteiger partial charge in [0.1, 0.15) is 5.08 Å². The predicted molar refractivity (Wildman–Crippen MR) is 83.9 cm³/mol. The number of ketones is 1. The first-order valence-electron chi connectivity index (χ1n) is 6.84. The molecule has 1 aromatic heterocycles. The number of thioether (sulfide) groups is 1. The summed E-state index contributed by atoms with van der Waals surface area (Å²) in [6.45, 7) is 0. The first kappa shape index (κ1) is 15.3. The van der Waals surface area contributed by atoms with Gasteiger partial charge in [-0.2, -0.15) is 0 Å². The lowest BCUT2D eigenvalue weighted by molar-refractivity contribution is 0.103. The average molecular weight is 337 g/mol. The smallest absolute Gasteiger partial charge is 0.199 e. The Morgan fingerprint density at radius 1 is 1.32 bits per heavy atom. The van der Waals surface area contributed by atoms with Gasteiger partial charge < -0.3 is 4.52 Å². The van der Waals surface area contributed by atoms with Crippen LogP contribution in [-0.2, 0) is 9.84 Å². The molecule has 1 aliphatic carbocycles. The molecule has 0 spiro atoms. The van der Waals surface area contributed by atoms with Crippen LogP contribution >= 0.6 is 11.8 Å². The number of hydrogen-bond acceptors (Lipinski definition) is 6. The van der Waals surface area contributed by atoms with Gasteiger partial charge in [-0.25, -0.2) is 8.42 Å². The van der Waals surface area contributed by atoms with Gasteiger partial charge >= 0.3 is 0 Å². The van der Waals surface area contributed by atoms with Gasteiger partial charge in [-0.3, -0.25) is 4.79 Å². The minimum atomic E-state index is -3.50. The molecule has 0 unspecified atom stereocenters. The normalized spacial score (nSPS) is 15.0. The largest absolute Gasteiger partial charge is 0.360 e. The molecule has 1 aliphatic rings. The molecule has 1 saturated carbocycles. The summed E-state index contributed by atoms with van der Waals surface area (Å²) >= 11 is 1.21. The van der Waals surface area contributed by atoms with Crippen LogP contribution in [0.15, 0.2) is 39.9 Å². The van der Waals surface area contributed by atoms with Crippen LogP contribution in [0.25, 0.3) is 0 Å². The fourth-order valence-electron chi connectivity index (χ4n) is 2.35. The van der Waals surface area contributed by atoms with E-state index >= 15 is 0 Å². The lowest BCUT2D eigenvalue weighted by atomic mass is 10.0. The molecule has 0 bridgehead atoms. The fourth-order valence-corrected chi connectivity index (χ4v) is 4.88. The molecule has 0 amide bonds. The molecule has 5 nitrogen and oxygen atoms in total. The van der Waals surface area contributed by atoms with E-state index in [1.54, 1.807) is 24.5 Å². The Balaban J connectivity index is 2.05. The van der Waals surface area contributed by atoms with E-state index in [-0.39, 0.29) is 27.2 Å². The summed E-state index contributed by atoms with van der Waals surface area (Å²) < 4.78 is 29.9. The van der Waals surface area contributed by atoms with Crippen LogP contribution in [0.2, 0.25) is 0 Å². The van der Waals surface area contributed by atoms with Crippen molar-refractivity contribution in [2.45, 2.75) is 23.7 Å². The lowest BCUT2D eigenvalue weighted by Crippen LogP contribution is -2.12. The average Bonchev–Trinajstić information content (AvgIpc) is 3.23. The predicted octanol–water partition coefficient (Wildman–Crippen LogP) is 2.88. The van der Waals surface area contributed by atoms with Crippen molar-refractivity contribution in [2.24, 2.45) is 0 Å². The molecule has 0 N–H and O–H groups in total. The van der Waals surface area contributed by atoms with Crippen molar-refractivity contribution in [3.63, 3.8) is 0 Å². The van der Waals surface area contributed by atoms with E-state index in [4.69, 9.17) is 4.52 Å². The number of benzene rings is 1. The summed E-state index contributed by atoms with van der Waals surface area (Å²) in [6, 6.07) is 6.30. The Labute approximate surface area is 133 Å². The maximum Gasteiger partial charge on any atom is 0.199 e. The Bertz CT molecular complexity index is 806. The third kappa shape index (κ3) is 2.83. The fraction of sp³-hybridized carbons (Fsp3) is 0.333. The van der Waals surface area contributed by atoms with Crippen molar-refractivity contribution >= 4 is 27.4 Å². The molecular formula is C15H15NO4S2. The van der Waals surface area contributed by atoms with Gasteiger partial charge in [0.2, 0.25) is 0 Å². The highest BCUT2D eigenvalue weighted by Crippen LogP contribution is 2.42. The zero-order chi connectivity index (χ0) is 15.7. The van der Waals surface area contributed by atoms with Crippen molar-refractivity contribution < 1.29 is 17.7 Å². The van der Waals surface area contributed by atoms with Gasteiger partial charge in [-0.05, 0) is 31.2 Å². The van der Waals surface area contributed by atoms with Crippen molar-refractivity contribution in [1.82, 2.24) is 5.16 Å². The molecule has 7 heteroatoms. The van der Waals surface area contributed by atoms with E-state index < -0.39 is 9.84 Å². The van der Waals surface area contributed by atoms with E-state index in [1.165, 1.54) is 24.0 Å². The van der Waals surface area contributed by atoms with E-state index in [0.29, 0.717) is 11.3 Å². The van der Waals surface area contributed by atoms with Gasteiger partial charge in [0.15, 0.2) is 21.4 Å². The molecule has 0 saturated heterocycles. The molecule has 2 aromatic rings. The third-order valence-corrected chi connectivity index (χ3v) is 6.74. The quantitative estimate of drug-likeness (QED) is 0.754. The van der Waals surface area contributed by atoms with Crippen molar-refractivity contribution in [3.8, 4) is 0 Å². The number of carbonyl (C=O) groups excluding carboxylic acids is 1. The van der Waals surface area contributed by atoms with Crippen LogP contribution in [0.4, 0.5) is 0 Å². The molecule has 22 heavy (non-hydrogen) atoms. The summed E-state index contributed by atoms with van der Waals surface area (Å²) in [5.74, 6) is 0.460. The first-order chi connectivity index (χ1) is 10.5. The number of sulfone groups is 1. The Morgan fingerprint density at radius 3 is 2.73 bits per heavy atom. The third-order valence-electron chi connectivity index (χ3n) is 3.53. The maximum absolute atomic E-state index is 12.8. The summed E-state index contributed by atoms with van der Waals surface area (Å²) in [5.41, 5.74) is 0.552. The van der Waals surface area contributed by atoms with Gasteiger partial charge in [0.25, 0.3) is 0 Å². The van der Waals surface area contributed by atoms with Gasteiger partial charge in [-0.15, -0.1) is 11.8 Å². The minimum Gasteiger partial charge on any atom is -0.360 e. The van der Waals surface area contributed by atoms with Crippen molar-refractivity contribution in [1.29, 1.82) is 0 Å². The molecule has 0 radical (unpaired) electrons. The lowest BCUT2D eigenvalue weighted by Gasteiger charge is -2.08. The maximum atomic E-state index is 12.8. The molecule has 1 aromatic carbocycles. The van der Waals surface area contributed by atoms with Crippen LogP contribution in [0.5, 0.6) is 0 Å². The van der Waals surface area contributed by atoms with E-state index in [9.17, 15) is 13.2 Å². The zero-order valence-corrected chi connectivity index (χ0v) is 13.6. The first-order valence-corrected chi connectivity index (χ1v) is 9.89. The highest BCUT2D eigenvalue weighted by Gasteiger charge is 2.34. The van der Waals surface area contributed by atoms with E-state index in [2.05, 4.69) is 5.16 Å². The Kier molecular flexibility index (Phi) is 4.10. The van der Waals surface area contributed by atoms with Gasteiger partial charge in [0.05, 0.1) is 16.7 Å². The second-order valence-electron chi connectivity index (χ2n) is 5.22. The zero-order valence-electron chi connectivity index (χ0n) is 12.0. The highest BCUT2D eigenvalue weighted by atomic mass is 32.3. The Morgan fingerprint density at radius 2 is 2.05 bits per heavy atom. The molecule has 1 fully saturated rings. The van der Waals surface area contributed by atoms with Crippen LogP contribution in [0.1, 0.15) is 40.4 Å². The molecule has 1 heterocycles. The summed E-state index contributed by atoms with van der Waals surface area (Å²) in [6.07, 6.45) is 5.05. The number of hydrogen-bond donors (Lipinski definition) is 0. The second-order valence-corrected chi connectivity index (χ2v) is 8.41. The molecular weight excluding hydrogens is 322 g/mol. The molecule has 0 aliphatic heterocycles. The number of carbonyl (C=O) groups is 1. The minimum absolute atomic E-state index is 0.0591. The molecule has 3 rings (SSSR count). The Hall–Kier alpha value is -1.60. The number of nitrogens with zero attached hydrogens (tertiary/aromatic N) is 1. The molecule has 0 atom stereocenters. The van der Waals surface area contributed by atoms with Crippen molar-refractivity contribution in [2.75, 3.05) is 11.3 Å². The number of rotatable bonds is 6. The van der Waals surface area contributed by atoms with Crippen LogP contribution < -0.4 is 0 Å². The van der Waals surface area contributed by atoms with Gasteiger partial charge in [0, 0.05) is 11.5 Å². The topological polar surface area (TPSA) is 77.2 Å². The standard InChI is InChI=1S/C15H15NO4S2/c1-21-9-22(18,19)13-5-3-2-4-11(13)14(17)12-8-16-20-15(12)10-6-7-10/h2-5,8,10H,6-7,9H2,1H3. The highest BCUT2D eigenvalue weighted by molar-refractivity contribution is 8.12. The van der Waals surface area contributed by atoms with Crippen LogP contribution in [0.3, 0.4) is 0 Å². The summed E-state index contributed by atoms with van der Waals surface area (Å²) in [4.78, 5) is 12.8. The molecule has 116 valence electrons. The van der Waals surface area contributed by atoms with Crippen LogP contribution in [-0.4, -0.2) is 30.7 Å². The monoisotopic (exact) mass is 337 g/mol. The van der Waals surface area contributed by atoms with Gasteiger partial charge in [-0.1, -0.05) is 17.3 Å². The van der Waals surface area contributed by atoms with E-state index in [0.717, 1.165) is 12.8 Å². The summed E-state index contributed by atoms with van der Waals surface area (Å²) in [7, 11) is -3.50. The van der Waals surface area contributed by atoms with E-state index in [1.807, 2.05) is 0 Å². The van der Waals surface area contributed by atoms with Crippen LogP contribution in [0, 0.1) is 0 Å². The second kappa shape index (κ2) is 5.89. The number of aromatic nitrogens is 1. The SMILES string of the molecule is CSCS(=O)(=O)c1ccccc1C(=O)c1cnoc1C1CC1.